The van der Waals surface area contributed by atoms with Crippen LogP contribution in [0.2, 0.25) is 0 Å². The molecule has 1 heterocycles. The molecule has 56 valence electrons. The minimum Gasteiger partial charge on any atom is -0.309 e. The molecule has 1 fully saturated rings. The summed E-state index contributed by atoms with van der Waals surface area (Å²) < 4.78 is 0. The van der Waals surface area contributed by atoms with Crippen molar-refractivity contribution in [1.82, 2.24) is 10.3 Å². The van der Waals surface area contributed by atoms with Gasteiger partial charge in [-0.2, -0.15) is 5.10 Å². The van der Waals surface area contributed by atoms with Gasteiger partial charge in [0.05, 0.1) is 6.54 Å². The fourth-order valence-corrected chi connectivity index (χ4v) is 1.05. The lowest BCUT2D eigenvalue weighted by atomic mass is 10.3. The zero-order valence-electron chi connectivity index (χ0n) is 6.30. The Balaban J connectivity index is 2.59. The SMILES string of the molecule is C=NN1CCNC/C1=C/C. The van der Waals surface area contributed by atoms with Gasteiger partial charge in [0.2, 0.25) is 0 Å². The monoisotopic (exact) mass is 139 g/mol. The predicted molar refractivity (Wildman–Crippen MR) is 42.9 cm³/mol. The van der Waals surface area contributed by atoms with E-state index < -0.39 is 0 Å². The van der Waals surface area contributed by atoms with Crippen molar-refractivity contribution >= 4 is 6.72 Å². The summed E-state index contributed by atoms with van der Waals surface area (Å²) in [6.07, 6.45) is 2.06. The van der Waals surface area contributed by atoms with E-state index in [-0.39, 0.29) is 0 Å². The Morgan fingerprint density at radius 2 is 2.60 bits per heavy atom. The highest BCUT2D eigenvalue weighted by atomic mass is 15.5. The summed E-state index contributed by atoms with van der Waals surface area (Å²) in [6, 6.07) is 0. The Kier molecular flexibility index (Phi) is 2.45. The molecule has 0 radical (unpaired) electrons. The number of hydrogen-bond donors (Lipinski definition) is 1. The minimum absolute atomic E-state index is 0.912. The van der Waals surface area contributed by atoms with Gasteiger partial charge in [0.1, 0.15) is 0 Å². The Morgan fingerprint density at radius 1 is 1.80 bits per heavy atom. The Morgan fingerprint density at radius 3 is 3.10 bits per heavy atom. The van der Waals surface area contributed by atoms with Crippen LogP contribution in [-0.4, -0.2) is 31.4 Å². The van der Waals surface area contributed by atoms with Crippen LogP contribution in [0.1, 0.15) is 6.92 Å². The maximum absolute atomic E-state index is 3.87. The number of rotatable bonds is 1. The first-order chi connectivity index (χ1) is 4.88. The maximum Gasteiger partial charge on any atom is 0.0537 e. The number of nitrogens with zero attached hydrogens (tertiary/aromatic N) is 2. The summed E-state index contributed by atoms with van der Waals surface area (Å²) in [5.41, 5.74) is 1.21. The molecule has 0 aliphatic carbocycles. The van der Waals surface area contributed by atoms with Gasteiger partial charge in [-0.3, -0.25) is 5.01 Å². The van der Waals surface area contributed by atoms with Crippen LogP contribution in [0.25, 0.3) is 0 Å². The van der Waals surface area contributed by atoms with E-state index in [1.54, 1.807) is 0 Å². The van der Waals surface area contributed by atoms with E-state index in [0.29, 0.717) is 0 Å². The van der Waals surface area contributed by atoms with Gasteiger partial charge in [-0.1, -0.05) is 6.08 Å². The molecule has 0 spiro atoms. The zero-order chi connectivity index (χ0) is 7.40. The summed E-state index contributed by atoms with van der Waals surface area (Å²) in [5, 5.41) is 9.05. The van der Waals surface area contributed by atoms with Crippen molar-refractivity contribution in [1.29, 1.82) is 0 Å². The molecule has 10 heavy (non-hydrogen) atoms. The van der Waals surface area contributed by atoms with Gasteiger partial charge >= 0.3 is 0 Å². The van der Waals surface area contributed by atoms with Crippen LogP contribution in [0.4, 0.5) is 0 Å². The third-order valence-corrected chi connectivity index (χ3v) is 1.64. The van der Waals surface area contributed by atoms with Crippen molar-refractivity contribution in [2.45, 2.75) is 6.92 Å². The standard InChI is InChI=1S/C7H13N3/c1-3-7-6-9-4-5-10(7)8-2/h3,9H,2,4-6H2,1H3/b7-3-. The van der Waals surface area contributed by atoms with Crippen LogP contribution in [-0.2, 0) is 0 Å². The minimum atomic E-state index is 0.912. The molecule has 1 aliphatic rings. The topological polar surface area (TPSA) is 27.6 Å². The molecule has 0 aromatic carbocycles. The second-order valence-electron chi connectivity index (χ2n) is 2.22. The van der Waals surface area contributed by atoms with Crippen molar-refractivity contribution in [2.24, 2.45) is 5.10 Å². The van der Waals surface area contributed by atoms with E-state index >= 15 is 0 Å². The molecule has 0 saturated carbocycles. The highest BCUT2D eigenvalue weighted by Crippen LogP contribution is 2.05. The van der Waals surface area contributed by atoms with E-state index in [9.17, 15) is 0 Å². The molecular formula is C7H13N3. The molecule has 0 unspecified atom stereocenters. The van der Waals surface area contributed by atoms with Crippen LogP contribution in [0.3, 0.4) is 0 Å². The third-order valence-electron chi connectivity index (χ3n) is 1.64. The summed E-state index contributed by atoms with van der Waals surface area (Å²) in [4.78, 5) is 0. The van der Waals surface area contributed by atoms with Gasteiger partial charge < -0.3 is 5.32 Å². The number of piperazine rings is 1. The molecule has 1 saturated heterocycles. The predicted octanol–water partition coefficient (Wildman–Crippen LogP) is 0.411. The fourth-order valence-electron chi connectivity index (χ4n) is 1.05. The first-order valence-corrected chi connectivity index (χ1v) is 3.48. The molecule has 0 aromatic rings. The van der Waals surface area contributed by atoms with Gasteiger partial charge in [-0.05, 0) is 6.92 Å². The summed E-state index contributed by atoms with van der Waals surface area (Å²) in [7, 11) is 0. The van der Waals surface area contributed by atoms with Crippen molar-refractivity contribution in [2.75, 3.05) is 19.6 Å². The molecule has 3 nitrogen and oxygen atoms in total. The van der Waals surface area contributed by atoms with E-state index in [4.69, 9.17) is 0 Å². The largest absolute Gasteiger partial charge is 0.309 e. The average Bonchev–Trinajstić information content (AvgIpc) is 2.04. The van der Waals surface area contributed by atoms with E-state index in [1.165, 1.54) is 5.70 Å². The van der Waals surface area contributed by atoms with Crippen LogP contribution in [0.5, 0.6) is 0 Å². The first-order valence-electron chi connectivity index (χ1n) is 3.48. The van der Waals surface area contributed by atoms with E-state index in [1.807, 2.05) is 11.9 Å². The van der Waals surface area contributed by atoms with Crippen LogP contribution in [0, 0.1) is 0 Å². The molecule has 1 aliphatic heterocycles. The molecular weight excluding hydrogens is 126 g/mol. The van der Waals surface area contributed by atoms with Crippen molar-refractivity contribution in [3.63, 3.8) is 0 Å². The second-order valence-corrected chi connectivity index (χ2v) is 2.22. The van der Waals surface area contributed by atoms with Crippen molar-refractivity contribution in [3.05, 3.63) is 11.8 Å². The maximum atomic E-state index is 3.87. The molecule has 3 heteroatoms. The van der Waals surface area contributed by atoms with E-state index in [0.717, 1.165) is 19.6 Å². The number of hydrazone groups is 1. The van der Waals surface area contributed by atoms with Gasteiger partial charge in [-0.15, -0.1) is 0 Å². The average molecular weight is 139 g/mol. The second kappa shape index (κ2) is 3.37. The van der Waals surface area contributed by atoms with Gasteiger partial charge in [-0.25, -0.2) is 0 Å². The molecule has 1 N–H and O–H groups in total. The van der Waals surface area contributed by atoms with Crippen molar-refractivity contribution in [3.8, 4) is 0 Å². The molecule has 0 aromatic heterocycles. The zero-order valence-corrected chi connectivity index (χ0v) is 6.30. The Bertz CT molecular complexity index is 151. The Hall–Kier alpha value is -0.830. The number of nitrogens with one attached hydrogen (secondary N) is 1. The summed E-state index contributed by atoms with van der Waals surface area (Å²) >= 11 is 0. The summed E-state index contributed by atoms with van der Waals surface area (Å²) in [6.45, 7) is 8.35. The number of allylic oxidation sites excluding steroid dienone is 1. The summed E-state index contributed by atoms with van der Waals surface area (Å²) in [5.74, 6) is 0. The molecule has 0 amide bonds. The number of hydrogen-bond acceptors (Lipinski definition) is 3. The molecule has 1 rings (SSSR count). The fraction of sp³-hybridized carbons (Fsp3) is 0.571. The lowest BCUT2D eigenvalue weighted by molar-refractivity contribution is 0.318. The highest BCUT2D eigenvalue weighted by Gasteiger charge is 2.10. The molecule has 0 atom stereocenters. The van der Waals surface area contributed by atoms with Gasteiger partial charge in [0.15, 0.2) is 0 Å². The van der Waals surface area contributed by atoms with Crippen LogP contribution in [0.15, 0.2) is 16.9 Å². The normalized spacial score (nSPS) is 23.3. The Labute approximate surface area is 61.4 Å². The third kappa shape index (κ3) is 1.36. The van der Waals surface area contributed by atoms with Crippen LogP contribution < -0.4 is 5.32 Å². The lowest BCUT2D eigenvalue weighted by Crippen LogP contribution is -2.38. The van der Waals surface area contributed by atoms with Gasteiger partial charge in [0, 0.05) is 25.5 Å². The quantitative estimate of drug-likeness (QED) is 0.533. The first kappa shape index (κ1) is 7.28. The lowest BCUT2D eigenvalue weighted by Gasteiger charge is -2.26. The molecule has 0 bridgehead atoms. The highest BCUT2D eigenvalue weighted by molar-refractivity contribution is 5.24. The van der Waals surface area contributed by atoms with E-state index in [2.05, 4.69) is 23.2 Å². The van der Waals surface area contributed by atoms with Gasteiger partial charge in [0.25, 0.3) is 0 Å². The smallest absolute Gasteiger partial charge is 0.0537 e. The van der Waals surface area contributed by atoms with Crippen molar-refractivity contribution < 1.29 is 0 Å². The van der Waals surface area contributed by atoms with Crippen LogP contribution >= 0.6 is 0 Å².